The van der Waals surface area contributed by atoms with Gasteiger partial charge in [0.05, 0.1) is 11.6 Å². The van der Waals surface area contributed by atoms with Crippen LogP contribution in [0.4, 0.5) is 5.95 Å². The molecular weight excluding hydrogens is 254 g/mol. The van der Waals surface area contributed by atoms with Gasteiger partial charge in [0.25, 0.3) is 0 Å². The molecule has 66 valence electrons. The van der Waals surface area contributed by atoms with E-state index in [-0.39, 0.29) is 38.2 Å². The van der Waals surface area contributed by atoms with Gasteiger partial charge in [-0.25, -0.2) is 4.98 Å². The van der Waals surface area contributed by atoms with Gasteiger partial charge in [-0.1, -0.05) is 0 Å². The number of nitrogens with zero attached hydrogens (tertiary/aromatic N) is 4. The van der Waals surface area contributed by atoms with Crippen LogP contribution in [0.2, 0.25) is 0 Å². The molecule has 0 saturated heterocycles. The molecule has 0 aliphatic carbocycles. The summed E-state index contributed by atoms with van der Waals surface area (Å²) >= 11 is 0. The second-order valence-electron chi connectivity index (χ2n) is 2.12. The van der Waals surface area contributed by atoms with Crippen molar-refractivity contribution < 1.29 is 21.1 Å². The van der Waals surface area contributed by atoms with Crippen LogP contribution < -0.4 is 16.3 Å². The molecule has 2 rings (SSSR count). The molecule has 0 aliphatic rings. The second-order valence-corrected chi connectivity index (χ2v) is 2.12. The largest absolute Gasteiger partial charge is 0.432 e. The number of fused-ring (bicyclic) bond motifs is 1. The molecule has 2 aromatic heterocycles. The van der Waals surface area contributed by atoms with E-state index in [0.29, 0.717) is 0 Å². The first kappa shape index (κ1) is 9.79. The van der Waals surface area contributed by atoms with Gasteiger partial charge in [0.1, 0.15) is 5.52 Å². The summed E-state index contributed by atoms with van der Waals surface area (Å²) in [5, 5.41) is 0. The van der Waals surface area contributed by atoms with Gasteiger partial charge in [0.15, 0.2) is 0 Å². The van der Waals surface area contributed by atoms with Crippen LogP contribution in [0.25, 0.3) is 11.2 Å². The monoisotopic (exact) mass is 260 g/mol. The van der Waals surface area contributed by atoms with Crippen LogP contribution in [0, 0.1) is 0 Å². The van der Waals surface area contributed by atoms with E-state index in [1.807, 2.05) is 0 Å². The summed E-state index contributed by atoms with van der Waals surface area (Å²) in [5.41, 5.74) is 5.12. The summed E-state index contributed by atoms with van der Waals surface area (Å²) in [6.45, 7) is 0. The van der Waals surface area contributed by atoms with Gasteiger partial charge in [-0.3, -0.25) is 9.78 Å². The number of hydrogen-bond acceptors (Lipinski definition) is 5. The van der Waals surface area contributed by atoms with Crippen LogP contribution in [0.1, 0.15) is 0 Å². The Bertz CT molecular complexity index is 482. The Hall–Kier alpha value is -1.29. The molecule has 0 aliphatic heterocycles. The van der Waals surface area contributed by atoms with E-state index in [0.717, 1.165) is 0 Å². The van der Waals surface area contributed by atoms with E-state index in [1.54, 1.807) is 0 Å². The molecule has 7 heteroatoms. The van der Waals surface area contributed by atoms with Gasteiger partial charge < -0.3 is 15.7 Å². The maximum Gasteiger partial charge on any atom is 0.248 e. The quantitative estimate of drug-likeness (QED) is 0.604. The minimum Gasteiger partial charge on any atom is -0.432 e. The molecule has 0 radical (unpaired) electrons. The number of rotatable bonds is 0. The zero-order chi connectivity index (χ0) is 8.55. The first-order valence-electron chi connectivity index (χ1n) is 3.18. The first-order valence-corrected chi connectivity index (χ1v) is 3.18. The van der Waals surface area contributed by atoms with Crippen LogP contribution in [0.3, 0.4) is 0 Å². The maximum absolute atomic E-state index is 11.1. The second kappa shape index (κ2) is 3.62. The molecule has 0 bridgehead atoms. The van der Waals surface area contributed by atoms with Gasteiger partial charge in [0.2, 0.25) is 5.56 Å². The van der Waals surface area contributed by atoms with Crippen molar-refractivity contribution in [1.82, 2.24) is 19.9 Å². The number of anilines is 1. The minimum atomic E-state index is -0.495. The number of hydrogen-bond donors (Lipinski definition) is 1. The van der Waals surface area contributed by atoms with Gasteiger partial charge >= 0.3 is 0 Å². The van der Waals surface area contributed by atoms with Crippen molar-refractivity contribution in [1.29, 1.82) is 0 Å². The molecule has 0 fully saturated rings. The number of aromatic nitrogens is 4. The normalized spacial score (nSPS) is 9.54. The van der Waals surface area contributed by atoms with Gasteiger partial charge in [-0.2, -0.15) is 0 Å². The van der Waals surface area contributed by atoms with Gasteiger partial charge in [-0.05, 0) is 6.20 Å². The first-order chi connectivity index (χ1) is 5.77. The van der Waals surface area contributed by atoms with Crippen molar-refractivity contribution in [3.05, 3.63) is 22.7 Å². The average Bonchev–Trinajstić information content (AvgIpc) is 2.04. The van der Waals surface area contributed by atoms with Crippen LogP contribution >= 0.6 is 0 Å². The fourth-order valence-electron chi connectivity index (χ4n) is 0.854. The van der Waals surface area contributed by atoms with E-state index in [9.17, 15) is 4.79 Å². The summed E-state index contributed by atoms with van der Waals surface area (Å²) in [4.78, 5) is 25.8. The molecule has 2 N–H and O–H groups in total. The topological polar surface area (TPSA) is 95.9 Å². The molecule has 2 aromatic rings. The Morgan fingerprint density at radius 3 is 2.77 bits per heavy atom. The summed E-state index contributed by atoms with van der Waals surface area (Å²) < 4.78 is 0. The average molecular weight is 258 g/mol. The Morgan fingerprint density at radius 1 is 1.31 bits per heavy atom. The fraction of sp³-hybridized carbons (Fsp3) is 0. The Kier molecular flexibility index (Phi) is 2.72. The summed E-state index contributed by atoms with van der Waals surface area (Å²) in [6.07, 6.45) is 2.84. The van der Waals surface area contributed by atoms with Crippen molar-refractivity contribution in [3.63, 3.8) is 0 Å². The molecule has 0 saturated carbocycles. The SMILES string of the molecule is Nc1nc(=O)c2nccnc2[n-]1.[Mo]. The molecule has 0 amide bonds. The van der Waals surface area contributed by atoms with Crippen molar-refractivity contribution in [2.24, 2.45) is 0 Å². The van der Waals surface area contributed by atoms with E-state index < -0.39 is 5.56 Å². The molecule has 0 unspecified atom stereocenters. The van der Waals surface area contributed by atoms with Crippen molar-refractivity contribution >= 4 is 17.1 Å². The number of nitrogens with two attached hydrogens (primary N) is 1. The van der Waals surface area contributed by atoms with Gasteiger partial charge in [-0.15, -0.1) is 0 Å². The van der Waals surface area contributed by atoms with Crippen molar-refractivity contribution in [3.8, 4) is 0 Å². The predicted octanol–water partition coefficient (Wildman–Crippen LogP) is -1.08. The molecule has 2 heterocycles. The fourth-order valence-corrected chi connectivity index (χ4v) is 0.854. The van der Waals surface area contributed by atoms with Crippen molar-refractivity contribution in [2.75, 3.05) is 5.73 Å². The molecule has 0 atom stereocenters. The summed E-state index contributed by atoms with van der Waals surface area (Å²) in [7, 11) is 0. The summed E-state index contributed by atoms with van der Waals surface area (Å²) in [5.74, 6) is -0.0759. The third-order valence-corrected chi connectivity index (χ3v) is 1.32. The van der Waals surface area contributed by atoms with E-state index in [4.69, 9.17) is 5.73 Å². The van der Waals surface area contributed by atoms with Crippen LogP contribution in [0.5, 0.6) is 0 Å². The molecule has 0 spiro atoms. The van der Waals surface area contributed by atoms with Gasteiger partial charge in [0, 0.05) is 27.3 Å². The maximum atomic E-state index is 11.1. The molecular formula is C6H4MoN5O-. The third kappa shape index (κ3) is 1.72. The standard InChI is InChI=1S/C6H5N5O.Mo/c7-6-10-4-3(5(12)11-6)8-1-2-9-4;/h1-2H,(H3,7,9,10,11,12);/p-1. The van der Waals surface area contributed by atoms with E-state index in [1.165, 1.54) is 12.4 Å². The van der Waals surface area contributed by atoms with Crippen LogP contribution in [-0.2, 0) is 21.1 Å². The van der Waals surface area contributed by atoms with Crippen LogP contribution in [0.15, 0.2) is 17.2 Å². The predicted molar refractivity (Wildman–Crippen MR) is 41.3 cm³/mol. The Balaban J connectivity index is 0.000000845. The molecule has 6 nitrogen and oxygen atoms in total. The zero-order valence-corrected chi connectivity index (χ0v) is 8.34. The van der Waals surface area contributed by atoms with E-state index >= 15 is 0 Å². The van der Waals surface area contributed by atoms with Crippen molar-refractivity contribution in [2.45, 2.75) is 0 Å². The Morgan fingerprint density at radius 2 is 2.00 bits per heavy atom. The molecule has 0 aromatic carbocycles. The Labute approximate surface area is 86.9 Å². The van der Waals surface area contributed by atoms with Crippen LogP contribution in [-0.4, -0.2) is 15.0 Å². The number of nitrogen functional groups attached to an aromatic ring is 1. The smallest absolute Gasteiger partial charge is 0.248 e. The third-order valence-electron chi connectivity index (χ3n) is 1.32. The van der Waals surface area contributed by atoms with E-state index in [2.05, 4.69) is 19.9 Å². The summed E-state index contributed by atoms with van der Waals surface area (Å²) in [6, 6.07) is 0. The zero-order valence-electron chi connectivity index (χ0n) is 6.34. The molecule has 13 heavy (non-hydrogen) atoms. The minimum absolute atomic E-state index is 0.